The molecule has 7 heteroatoms. The van der Waals surface area contributed by atoms with Gasteiger partial charge >= 0.3 is 5.97 Å². The Morgan fingerprint density at radius 1 is 0.939 bits per heavy atom. The lowest BCUT2D eigenvalue weighted by atomic mass is 9.81. The molecule has 7 nitrogen and oxygen atoms in total. The van der Waals surface area contributed by atoms with Gasteiger partial charge in [-0.1, -0.05) is 31.0 Å². The summed E-state index contributed by atoms with van der Waals surface area (Å²) in [5.41, 5.74) is 2.00. The van der Waals surface area contributed by atoms with Gasteiger partial charge in [-0.2, -0.15) is 0 Å². The van der Waals surface area contributed by atoms with Crippen LogP contribution in [0.25, 0.3) is 0 Å². The van der Waals surface area contributed by atoms with Crippen molar-refractivity contribution in [2.45, 2.75) is 39.0 Å². The molecule has 0 radical (unpaired) electrons. The van der Waals surface area contributed by atoms with Crippen LogP contribution in [-0.2, 0) is 19.2 Å². The minimum absolute atomic E-state index is 0.102. The number of rotatable bonds is 4. The Kier molecular flexibility index (Phi) is 5.48. The van der Waals surface area contributed by atoms with E-state index in [-0.39, 0.29) is 42.5 Å². The number of fused-ring (bicyclic) bond motifs is 1. The molecule has 3 aliphatic rings. The van der Waals surface area contributed by atoms with Crippen molar-refractivity contribution in [2.24, 2.45) is 17.8 Å². The van der Waals surface area contributed by atoms with E-state index in [2.05, 4.69) is 0 Å². The van der Waals surface area contributed by atoms with Crippen LogP contribution in [-0.4, -0.2) is 30.2 Å². The number of carbonyl (C=O) groups is 4. The number of amides is 3. The lowest BCUT2D eigenvalue weighted by molar-refractivity contribution is -0.139. The van der Waals surface area contributed by atoms with Gasteiger partial charge in [0.1, 0.15) is 5.75 Å². The molecule has 2 saturated heterocycles. The Balaban J connectivity index is 1.28. The molecule has 0 N–H and O–H groups in total. The van der Waals surface area contributed by atoms with Gasteiger partial charge in [-0.05, 0) is 55.7 Å². The first-order chi connectivity index (χ1) is 15.9. The van der Waals surface area contributed by atoms with Crippen molar-refractivity contribution >= 4 is 35.1 Å². The summed E-state index contributed by atoms with van der Waals surface area (Å²) in [6.45, 7) is 2.07. The molecular weight excluding hydrogens is 420 g/mol. The highest BCUT2D eigenvalue weighted by atomic mass is 16.5. The van der Waals surface area contributed by atoms with Gasteiger partial charge < -0.3 is 9.64 Å². The molecule has 0 unspecified atom stereocenters. The molecule has 0 aromatic heterocycles. The van der Waals surface area contributed by atoms with Gasteiger partial charge in [0.15, 0.2) is 0 Å². The van der Waals surface area contributed by atoms with E-state index in [1.54, 1.807) is 30.0 Å². The smallest absolute Gasteiger partial charge is 0.316 e. The SMILES string of the molecule is Cc1cc(OC(=O)[C@@H]2CC(=O)N(c3ccccc3)C2)ccc1N1C(=O)[C@H]2CCCC[C@H]2C1=O. The van der Waals surface area contributed by atoms with E-state index in [4.69, 9.17) is 4.74 Å². The Morgan fingerprint density at radius 3 is 2.24 bits per heavy atom. The highest BCUT2D eigenvalue weighted by Crippen LogP contribution is 2.41. The van der Waals surface area contributed by atoms with E-state index in [1.165, 1.54) is 4.90 Å². The Bertz CT molecular complexity index is 1100. The largest absolute Gasteiger partial charge is 0.426 e. The summed E-state index contributed by atoms with van der Waals surface area (Å²) in [6.07, 6.45) is 3.59. The van der Waals surface area contributed by atoms with Gasteiger partial charge in [0.05, 0.1) is 23.4 Å². The van der Waals surface area contributed by atoms with Gasteiger partial charge in [-0.3, -0.25) is 19.2 Å². The topological polar surface area (TPSA) is 84.0 Å². The maximum absolute atomic E-state index is 12.9. The van der Waals surface area contributed by atoms with Crippen molar-refractivity contribution in [1.29, 1.82) is 0 Å². The minimum Gasteiger partial charge on any atom is -0.426 e. The molecule has 5 rings (SSSR count). The maximum atomic E-state index is 12.9. The minimum atomic E-state index is -0.553. The van der Waals surface area contributed by atoms with Gasteiger partial charge in [-0.15, -0.1) is 0 Å². The molecule has 2 aromatic rings. The number of esters is 1. The zero-order valence-corrected chi connectivity index (χ0v) is 18.5. The number of hydrogen-bond acceptors (Lipinski definition) is 5. The van der Waals surface area contributed by atoms with E-state index >= 15 is 0 Å². The number of anilines is 2. The van der Waals surface area contributed by atoms with Crippen LogP contribution >= 0.6 is 0 Å². The monoisotopic (exact) mass is 446 g/mol. The highest BCUT2D eigenvalue weighted by molar-refractivity contribution is 6.22. The van der Waals surface area contributed by atoms with Crippen molar-refractivity contribution in [3.05, 3.63) is 54.1 Å². The lowest BCUT2D eigenvalue weighted by Crippen LogP contribution is -2.31. The molecule has 1 saturated carbocycles. The summed E-state index contributed by atoms with van der Waals surface area (Å²) in [5, 5.41) is 0. The zero-order valence-electron chi connectivity index (χ0n) is 18.5. The molecular formula is C26H26N2O5. The Labute approximate surface area is 192 Å². The molecule has 3 amide bonds. The summed E-state index contributed by atoms with van der Waals surface area (Å²) in [5.74, 6) is -1.46. The number of para-hydroxylation sites is 1. The summed E-state index contributed by atoms with van der Waals surface area (Å²) in [4.78, 5) is 53.9. The lowest BCUT2D eigenvalue weighted by Gasteiger charge is -2.19. The average Bonchev–Trinajstić information content (AvgIpc) is 3.33. The third kappa shape index (κ3) is 3.81. The molecule has 170 valence electrons. The van der Waals surface area contributed by atoms with Gasteiger partial charge in [-0.25, -0.2) is 4.90 Å². The van der Waals surface area contributed by atoms with Crippen molar-refractivity contribution in [3.63, 3.8) is 0 Å². The second kappa shape index (κ2) is 8.46. The van der Waals surface area contributed by atoms with Crippen LogP contribution in [0.2, 0.25) is 0 Å². The second-order valence-corrected chi connectivity index (χ2v) is 9.12. The van der Waals surface area contributed by atoms with E-state index in [0.29, 0.717) is 17.0 Å². The number of hydrogen-bond donors (Lipinski definition) is 0. The zero-order chi connectivity index (χ0) is 23.1. The van der Waals surface area contributed by atoms with E-state index in [1.807, 2.05) is 30.3 Å². The highest BCUT2D eigenvalue weighted by Gasteiger charge is 2.49. The Morgan fingerprint density at radius 2 is 1.61 bits per heavy atom. The number of ether oxygens (including phenoxy) is 1. The van der Waals surface area contributed by atoms with Crippen molar-refractivity contribution in [1.82, 2.24) is 0 Å². The number of aryl methyl sites for hydroxylation is 1. The molecule has 1 aliphatic carbocycles. The quantitative estimate of drug-likeness (QED) is 0.407. The van der Waals surface area contributed by atoms with Crippen LogP contribution in [0.4, 0.5) is 11.4 Å². The predicted molar refractivity (Wildman–Crippen MR) is 122 cm³/mol. The molecule has 33 heavy (non-hydrogen) atoms. The standard InChI is InChI=1S/C26H26N2O5/c1-16-13-19(11-12-22(16)28-24(30)20-9-5-6-10-21(20)25(28)31)33-26(32)17-14-23(29)27(15-17)18-7-3-2-4-8-18/h2-4,7-8,11-13,17,20-21H,5-6,9-10,14-15H2,1H3/t17-,20-,21+/m1/s1. The molecule has 0 bridgehead atoms. The fourth-order valence-corrected chi connectivity index (χ4v) is 5.26. The van der Waals surface area contributed by atoms with Crippen LogP contribution < -0.4 is 14.5 Å². The van der Waals surface area contributed by atoms with Crippen molar-refractivity contribution in [3.8, 4) is 5.75 Å². The second-order valence-electron chi connectivity index (χ2n) is 9.12. The predicted octanol–water partition coefficient (Wildman–Crippen LogP) is 3.63. The van der Waals surface area contributed by atoms with Crippen LogP contribution in [0.1, 0.15) is 37.7 Å². The first kappa shape index (κ1) is 21.4. The number of benzene rings is 2. The van der Waals surface area contributed by atoms with Crippen LogP contribution in [0.5, 0.6) is 5.75 Å². The molecule has 2 aromatic carbocycles. The summed E-state index contributed by atoms with van der Waals surface area (Å²) >= 11 is 0. The van der Waals surface area contributed by atoms with Crippen molar-refractivity contribution < 1.29 is 23.9 Å². The number of imide groups is 1. The fraction of sp³-hybridized carbons (Fsp3) is 0.385. The fourth-order valence-electron chi connectivity index (χ4n) is 5.26. The van der Waals surface area contributed by atoms with Crippen LogP contribution in [0.15, 0.2) is 48.5 Å². The van der Waals surface area contributed by atoms with Crippen molar-refractivity contribution in [2.75, 3.05) is 16.3 Å². The normalized spacial score (nSPS) is 24.9. The third-order valence-corrected chi connectivity index (χ3v) is 6.99. The number of carbonyl (C=O) groups excluding carboxylic acids is 4. The Hall–Kier alpha value is -3.48. The molecule has 3 fully saturated rings. The first-order valence-corrected chi connectivity index (χ1v) is 11.5. The molecule has 0 spiro atoms. The van der Waals surface area contributed by atoms with E-state index in [0.717, 1.165) is 31.4 Å². The van der Waals surface area contributed by atoms with E-state index < -0.39 is 11.9 Å². The number of nitrogens with zero attached hydrogens (tertiary/aromatic N) is 2. The van der Waals surface area contributed by atoms with E-state index in [9.17, 15) is 19.2 Å². The summed E-state index contributed by atoms with van der Waals surface area (Å²) in [6, 6.07) is 14.2. The van der Waals surface area contributed by atoms with Gasteiger partial charge in [0.2, 0.25) is 17.7 Å². The van der Waals surface area contributed by atoms with Crippen LogP contribution in [0, 0.1) is 24.7 Å². The maximum Gasteiger partial charge on any atom is 0.316 e. The van der Waals surface area contributed by atoms with Crippen LogP contribution in [0.3, 0.4) is 0 Å². The first-order valence-electron chi connectivity index (χ1n) is 11.5. The molecule has 2 heterocycles. The molecule has 3 atom stereocenters. The average molecular weight is 447 g/mol. The molecule has 2 aliphatic heterocycles. The summed E-state index contributed by atoms with van der Waals surface area (Å²) in [7, 11) is 0. The third-order valence-electron chi connectivity index (χ3n) is 6.99. The van der Waals surface area contributed by atoms with Gasteiger partial charge in [0.25, 0.3) is 0 Å². The van der Waals surface area contributed by atoms with Gasteiger partial charge in [0, 0.05) is 18.7 Å². The summed E-state index contributed by atoms with van der Waals surface area (Å²) < 4.78 is 5.57.